The molecule has 0 aliphatic heterocycles. The normalized spacial score (nSPS) is 10.9. The van der Waals surface area contributed by atoms with E-state index >= 15 is 0 Å². The third-order valence-electron chi connectivity index (χ3n) is 3.39. The minimum atomic E-state index is 0.0746. The van der Waals surface area contributed by atoms with Gasteiger partial charge in [-0.15, -0.1) is 0 Å². The number of methoxy groups -OCH3 is 1. The third-order valence-corrected chi connectivity index (χ3v) is 4.08. The largest absolute Gasteiger partial charge is 0.496 e. The minimum Gasteiger partial charge on any atom is -0.496 e. The molecule has 3 nitrogen and oxygen atoms in total. The highest BCUT2D eigenvalue weighted by Crippen LogP contribution is 2.40. The van der Waals surface area contributed by atoms with Crippen LogP contribution in [0.5, 0.6) is 5.75 Å². The van der Waals surface area contributed by atoms with Crippen LogP contribution in [0.4, 0.5) is 0 Å². The molecule has 0 bridgehead atoms. The molecular formula is C16H15BrN2O. The Morgan fingerprint density at radius 3 is 2.10 bits per heavy atom. The molecule has 20 heavy (non-hydrogen) atoms. The fourth-order valence-electron chi connectivity index (χ4n) is 2.50. The van der Waals surface area contributed by atoms with Gasteiger partial charge in [-0.3, -0.25) is 0 Å². The number of H-pyrrole nitrogens is 2. The first-order chi connectivity index (χ1) is 9.81. The van der Waals surface area contributed by atoms with E-state index in [1.807, 2.05) is 42.7 Å². The second-order valence-electron chi connectivity index (χ2n) is 4.54. The lowest BCUT2D eigenvalue weighted by molar-refractivity contribution is 0.408. The van der Waals surface area contributed by atoms with Crippen LogP contribution in [0.15, 0.2) is 59.3 Å². The lowest BCUT2D eigenvalue weighted by Gasteiger charge is -2.20. The molecule has 0 fully saturated rings. The lowest BCUT2D eigenvalue weighted by atomic mass is 9.92. The Labute approximate surface area is 126 Å². The first-order valence-corrected chi connectivity index (χ1v) is 7.19. The summed E-state index contributed by atoms with van der Waals surface area (Å²) in [4.78, 5) is 6.61. The number of aromatic amines is 2. The number of halogens is 1. The van der Waals surface area contributed by atoms with E-state index in [9.17, 15) is 0 Å². The number of aromatic nitrogens is 2. The zero-order chi connectivity index (χ0) is 13.9. The average molecular weight is 331 g/mol. The molecule has 0 radical (unpaired) electrons. The molecule has 0 aliphatic carbocycles. The van der Waals surface area contributed by atoms with Crippen LogP contribution in [0.25, 0.3) is 0 Å². The highest BCUT2D eigenvalue weighted by Gasteiger charge is 2.24. The van der Waals surface area contributed by atoms with E-state index in [0.29, 0.717) is 0 Å². The number of hydrogen-bond acceptors (Lipinski definition) is 1. The Morgan fingerprint density at radius 2 is 1.60 bits per heavy atom. The van der Waals surface area contributed by atoms with Gasteiger partial charge in [0.25, 0.3) is 0 Å². The molecule has 0 spiro atoms. The number of benzene rings is 1. The zero-order valence-electron chi connectivity index (χ0n) is 11.1. The van der Waals surface area contributed by atoms with E-state index < -0.39 is 0 Å². The summed E-state index contributed by atoms with van der Waals surface area (Å²) in [5.41, 5.74) is 3.36. The molecule has 0 saturated carbocycles. The molecule has 0 aliphatic rings. The standard InChI is InChI=1S/C16H15BrN2O/c1-20-14-8-2-5-11(17)15(14)16(12-6-3-9-18-12)13-7-4-10-19-13/h2-10,16,18-19H,1H3. The molecular weight excluding hydrogens is 316 g/mol. The van der Waals surface area contributed by atoms with Gasteiger partial charge in [-0.25, -0.2) is 0 Å². The lowest BCUT2D eigenvalue weighted by Crippen LogP contribution is -2.07. The summed E-state index contributed by atoms with van der Waals surface area (Å²) in [6.07, 6.45) is 3.88. The molecule has 102 valence electrons. The predicted molar refractivity (Wildman–Crippen MR) is 83.2 cm³/mol. The fraction of sp³-hybridized carbons (Fsp3) is 0.125. The van der Waals surface area contributed by atoms with E-state index in [1.165, 1.54) is 0 Å². The maximum Gasteiger partial charge on any atom is 0.124 e. The van der Waals surface area contributed by atoms with Gasteiger partial charge in [0.2, 0.25) is 0 Å². The van der Waals surface area contributed by atoms with Gasteiger partial charge in [0.1, 0.15) is 5.75 Å². The molecule has 2 aromatic heterocycles. The second kappa shape index (κ2) is 5.59. The quantitative estimate of drug-likeness (QED) is 0.735. The van der Waals surface area contributed by atoms with Crippen LogP contribution in [0, 0.1) is 0 Å². The van der Waals surface area contributed by atoms with Crippen molar-refractivity contribution in [2.75, 3.05) is 7.11 Å². The van der Waals surface area contributed by atoms with Crippen molar-refractivity contribution in [3.05, 3.63) is 76.3 Å². The Balaban J connectivity index is 2.21. The van der Waals surface area contributed by atoms with E-state index in [-0.39, 0.29) is 5.92 Å². The van der Waals surface area contributed by atoms with Crippen LogP contribution in [0.2, 0.25) is 0 Å². The van der Waals surface area contributed by atoms with Crippen molar-refractivity contribution in [3.8, 4) is 5.75 Å². The van der Waals surface area contributed by atoms with Crippen molar-refractivity contribution in [2.24, 2.45) is 0 Å². The van der Waals surface area contributed by atoms with Crippen molar-refractivity contribution >= 4 is 15.9 Å². The van der Waals surface area contributed by atoms with Gasteiger partial charge in [-0.2, -0.15) is 0 Å². The molecule has 3 aromatic rings. The van der Waals surface area contributed by atoms with Crippen LogP contribution in [0.1, 0.15) is 22.9 Å². The summed E-state index contributed by atoms with van der Waals surface area (Å²) >= 11 is 3.65. The van der Waals surface area contributed by atoms with Gasteiger partial charge in [0.05, 0.1) is 13.0 Å². The van der Waals surface area contributed by atoms with E-state index in [4.69, 9.17) is 4.74 Å². The van der Waals surface area contributed by atoms with E-state index in [0.717, 1.165) is 27.2 Å². The number of rotatable bonds is 4. The molecule has 0 unspecified atom stereocenters. The Kier molecular flexibility index (Phi) is 3.65. The number of nitrogens with one attached hydrogen (secondary N) is 2. The average Bonchev–Trinajstić information content (AvgIpc) is 3.14. The summed E-state index contributed by atoms with van der Waals surface area (Å²) < 4.78 is 6.58. The van der Waals surface area contributed by atoms with Gasteiger partial charge >= 0.3 is 0 Å². The molecule has 4 heteroatoms. The van der Waals surface area contributed by atoms with Crippen molar-refractivity contribution < 1.29 is 4.74 Å². The molecule has 0 atom stereocenters. The predicted octanol–water partition coefficient (Wildman–Crippen LogP) is 4.29. The van der Waals surface area contributed by atoms with Gasteiger partial charge in [0.15, 0.2) is 0 Å². The monoisotopic (exact) mass is 330 g/mol. The van der Waals surface area contributed by atoms with E-state index in [2.05, 4.69) is 38.0 Å². The molecule has 3 rings (SSSR count). The minimum absolute atomic E-state index is 0.0746. The second-order valence-corrected chi connectivity index (χ2v) is 5.39. The van der Waals surface area contributed by atoms with Gasteiger partial charge in [-0.05, 0) is 36.4 Å². The molecule has 1 aromatic carbocycles. The highest BCUT2D eigenvalue weighted by molar-refractivity contribution is 9.10. The van der Waals surface area contributed by atoms with Crippen LogP contribution < -0.4 is 4.74 Å². The maximum atomic E-state index is 5.55. The molecule has 2 heterocycles. The van der Waals surface area contributed by atoms with Crippen molar-refractivity contribution in [1.29, 1.82) is 0 Å². The Morgan fingerprint density at radius 1 is 0.950 bits per heavy atom. The van der Waals surface area contributed by atoms with Gasteiger partial charge < -0.3 is 14.7 Å². The summed E-state index contributed by atoms with van der Waals surface area (Å²) in [5.74, 6) is 0.944. The Hall–Kier alpha value is -1.94. The summed E-state index contributed by atoms with van der Waals surface area (Å²) in [5, 5.41) is 0. The van der Waals surface area contributed by atoms with Crippen LogP contribution in [-0.2, 0) is 0 Å². The van der Waals surface area contributed by atoms with Crippen molar-refractivity contribution in [1.82, 2.24) is 9.97 Å². The number of ether oxygens (including phenoxy) is 1. The molecule has 0 amide bonds. The topological polar surface area (TPSA) is 40.8 Å². The number of hydrogen-bond donors (Lipinski definition) is 2. The maximum absolute atomic E-state index is 5.55. The van der Waals surface area contributed by atoms with Gasteiger partial charge in [-0.1, -0.05) is 22.0 Å². The van der Waals surface area contributed by atoms with Crippen LogP contribution >= 0.6 is 15.9 Å². The first-order valence-electron chi connectivity index (χ1n) is 6.40. The van der Waals surface area contributed by atoms with Crippen molar-refractivity contribution in [2.45, 2.75) is 5.92 Å². The summed E-state index contributed by atoms with van der Waals surface area (Å²) in [7, 11) is 1.70. The zero-order valence-corrected chi connectivity index (χ0v) is 12.6. The van der Waals surface area contributed by atoms with Crippen molar-refractivity contribution in [3.63, 3.8) is 0 Å². The highest BCUT2D eigenvalue weighted by atomic mass is 79.9. The Bertz CT molecular complexity index is 640. The smallest absolute Gasteiger partial charge is 0.124 e. The van der Waals surface area contributed by atoms with E-state index in [1.54, 1.807) is 7.11 Å². The summed E-state index contributed by atoms with van der Waals surface area (Å²) in [6, 6.07) is 14.2. The first kappa shape index (κ1) is 13.1. The summed E-state index contributed by atoms with van der Waals surface area (Å²) in [6.45, 7) is 0. The third kappa shape index (κ3) is 2.27. The van der Waals surface area contributed by atoms with Crippen LogP contribution in [-0.4, -0.2) is 17.1 Å². The SMILES string of the molecule is COc1cccc(Br)c1C(c1ccc[nH]1)c1ccc[nH]1. The molecule has 0 saturated heterocycles. The van der Waals surface area contributed by atoms with Gasteiger partial charge in [0, 0.05) is 33.8 Å². The fourth-order valence-corrected chi connectivity index (χ4v) is 3.08. The molecule has 2 N–H and O–H groups in total. The van der Waals surface area contributed by atoms with Crippen LogP contribution in [0.3, 0.4) is 0 Å².